The van der Waals surface area contributed by atoms with Crippen LogP contribution in [-0.2, 0) is 0 Å². The molecule has 1 aliphatic rings. The van der Waals surface area contributed by atoms with Crippen LogP contribution in [0.2, 0.25) is 0 Å². The Morgan fingerprint density at radius 3 is 2.26 bits per heavy atom. The number of nitrogens with one attached hydrogen (secondary N) is 1. The highest BCUT2D eigenvalue weighted by atomic mass is 14.8. The Bertz CT molecular complexity index is 197. The lowest BCUT2D eigenvalue weighted by molar-refractivity contribution is 0.181. The van der Waals surface area contributed by atoms with Gasteiger partial charge in [-0.15, -0.1) is 0 Å². The second-order valence-corrected chi connectivity index (χ2v) is 6.53. The fourth-order valence-corrected chi connectivity index (χ4v) is 3.37. The van der Waals surface area contributed by atoms with E-state index in [1.165, 1.54) is 90.1 Å². The third-order valence-corrected chi connectivity index (χ3v) is 4.89. The third kappa shape index (κ3) is 7.31. The Hall–Kier alpha value is -0.0800. The molecule has 0 aromatic carbocycles. The average Bonchev–Trinajstić information content (AvgIpc) is 2.46. The lowest BCUT2D eigenvalue weighted by Gasteiger charge is -2.36. The fraction of sp³-hybridized carbons (Fsp3) is 1.00. The van der Waals surface area contributed by atoms with Gasteiger partial charge in [0, 0.05) is 0 Å². The highest BCUT2D eigenvalue weighted by Gasteiger charge is 2.29. The summed E-state index contributed by atoms with van der Waals surface area (Å²) in [7, 11) is 0. The Labute approximate surface area is 120 Å². The zero-order valence-corrected chi connectivity index (χ0v) is 13.2. The van der Waals surface area contributed by atoms with E-state index in [1.807, 2.05) is 0 Å². The number of rotatable bonds is 11. The van der Waals surface area contributed by atoms with E-state index in [0.29, 0.717) is 5.41 Å². The Kier molecular flexibility index (Phi) is 9.54. The Balaban J connectivity index is 1.94. The normalized spacial score (nSPS) is 18.6. The van der Waals surface area contributed by atoms with Crippen molar-refractivity contribution in [3.05, 3.63) is 0 Å². The molecule has 0 aromatic heterocycles. The van der Waals surface area contributed by atoms with Gasteiger partial charge in [-0.1, -0.05) is 58.3 Å². The summed E-state index contributed by atoms with van der Waals surface area (Å²) in [6.45, 7) is 5.55. The molecule has 2 nitrogen and oxygen atoms in total. The lowest BCUT2D eigenvalue weighted by atomic mass is 9.72. The molecule has 1 rings (SSSR count). The topological polar surface area (TPSA) is 38.0 Å². The quantitative estimate of drug-likeness (QED) is 0.550. The molecule has 3 N–H and O–H groups in total. The van der Waals surface area contributed by atoms with Crippen LogP contribution in [0.15, 0.2) is 0 Å². The molecule has 0 heterocycles. The molecule has 0 aliphatic heterocycles. The molecular weight excluding hydrogens is 232 g/mol. The molecule has 0 saturated heterocycles. The van der Waals surface area contributed by atoms with Crippen molar-refractivity contribution in [3.63, 3.8) is 0 Å². The van der Waals surface area contributed by atoms with E-state index in [9.17, 15) is 0 Å². The van der Waals surface area contributed by atoms with Gasteiger partial charge < -0.3 is 11.1 Å². The summed E-state index contributed by atoms with van der Waals surface area (Å²) in [6.07, 6.45) is 16.6. The van der Waals surface area contributed by atoms with E-state index in [-0.39, 0.29) is 0 Å². The molecular formula is C17H36N2. The fourth-order valence-electron chi connectivity index (χ4n) is 3.37. The average molecular weight is 268 g/mol. The molecule has 0 bridgehead atoms. The Morgan fingerprint density at radius 2 is 1.58 bits per heavy atom. The largest absolute Gasteiger partial charge is 0.330 e. The smallest absolute Gasteiger partial charge is 0.00201 e. The minimum Gasteiger partial charge on any atom is -0.330 e. The zero-order valence-electron chi connectivity index (χ0n) is 13.2. The maximum atomic E-state index is 6.02. The maximum absolute atomic E-state index is 6.02. The monoisotopic (exact) mass is 268 g/mol. The molecule has 1 aliphatic carbocycles. The van der Waals surface area contributed by atoms with Crippen molar-refractivity contribution in [1.82, 2.24) is 5.32 Å². The third-order valence-electron chi connectivity index (χ3n) is 4.89. The van der Waals surface area contributed by atoms with E-state index >= 15 is 0 Å². The molecule has 0 aromatic rings. The van der Waals surface area contributed by atoms with Gasteiger partial charge in [0.05, 0.1) is 0 Å². The molecule has 0 radical (unpaired) electrons. The highest BCUT2D eigenvalue weighted by Crippen LogP contribution is 2.37. The molecule has 0 spiro atoms. The van der Waals surface area contributed by atoms with E-state index in [1.54, 1.807) is 0 Å². The van der Waals surface area contributed by atoms with Gasteiger partial charge in [0.1, 0.15) is 0 Å². The molecule has 19 heavy (non-hydrogen) atoms. The lowest BCUT2D eigenvalue weighted by Crippen LogP contribution is -2.36. The van der Waals surface area contributed by atoms with Gasteiger partial charge in [-0.05, 0) is 50.7 Å². The van der Waals surface area contributed by atoms with Gasteiger partial charge in [0.15, 0.2) is 0 Å². The predicted octanol–water partition coefficient (Wildman–Crippen LogP) is 4.24. The summed E-state index contributed by atoms with van der Waals surface area (Å²) < 4.78 is 0. The van der Waals surface area contributed by atoms with Crippen molar-refractivity contribution in [3.8, 4) is 0 Å². The van der Waals surface area contributed by atoms with E-state index in [4.69, 9.17) is 5.73 Å². The number of unbranched alkanes of at least 4 members (excludes halogenated alkanes) is 5. The molecule has 0 amide bonds. The second-order valence-electron chi connectivity index (χ2n) is 6.53. The minimum atomic E-state index is 0.479. The molecule has 2 heteroatoms. The minimum absolute atomic E-state index is 0.479. The number of hydrogen-bond acceptors (Lipinski definition) is 2. The van der Waals surface area contributed by atoms with Crippen LogP contribution in [0.4, 0.5) is 0 Å². The van der Waals surface area contributed by atoms with Crippen LogP contribution in [0.5, 0.6) is 0 Å². The summed E-state index contributed by atoms with van der Waals surface area (Å²) in [6, 6.07) is 0. The van der Waals surface area contributed by atoms with Crippen molar-refractivity contribution in [2.75, 3.05) is 19.6 Å². The summed E-state index contributed by atoms with van der Waals surface area (Å²) in [5.41, 5.74) is 6.50. The molecule has 1 saturated carbocycles. The summed E-state index contributed by atoms with van der Waals surface area (Å²) in [5, 5.41) is 3.63. The van der Waals surface area contributed by atoms with Crippen LogP contribution in [0, 0.1) is 5.41 Å². The van der Waals surface area contributed by atoms with Crippen LogP contribution < -0.4 is 11.1 Å². The van der Waals surface area contributed by atoms with Gasteiger partial charge in [-0.3, -0.25) is 0 Å². The van der Waals surface area contributed by atoms with Crippen molar-refractivity contribution >= 4 is 0 Å². The van der Waals surface area contributed by atoms with Crippen molar-refractivity contribution in [2.24, 2.45) is 11.1 Å². The van der Waals surface area contributed by atoms with Crippen LogP contribution >= 0.6 is 0 Å². The van der Waals surface area contributed by atoms with Gasteiger partial charge in [0.2, 0.25) is 0 Å². The Morgan fingerprint density at radius 1 is 0.895 bits per heavy atom. The van der Waals surface area contributed by atoms with Crippen molar-refractivity contribution < 1.29 is 0 Å². The maximum Gasteiger partial charge on any atom is -0.00201 e. The second kappa shape index (κ2) is 10.7. The first-order valence-electron chi connectivity index (χ1n) is 8.74. The van der Waals surface area contributed by atoms with Crippen LogP contribution in [0.25, 0.3) is 0 Å². The zero-order chi connectivity index (χ0) is 13.8. The summed E-state index contributed by atoms with van der Waals surface area (Å²) >= 11 is 0. The summed E-state index contributed by atoms with van der Waals surface area (Å²) in [5.74, 6) is 0. The first kappa shape index (κ1) is 17.0. The molecule has 0 atom stereocenters. The molecule has 114 valence electrons. The predicted molar refractivity (Wildman–Crippen MR) is 85.4 cm³/mol. The van der Waals surface area contributed by atoms with E-state index in [2.05, 4.69) is 12.2 Å². The number of nitrogens with two attached hydrogens (primary N) is 1. The van der Waals surface area contributed by atoms with Gasteiger partial charge >= 0.3 is 0 Å². The summed E-state index contributed by atoms with van der Waals surface area (Å²) in [4.78, 5) is 0. The number of hydrogen-bond donors (Lipinski definition) is 2. The first-order valence-corrected chi connectivity index (χ1v) is 8.74. The molecule has 1 fully saturated rings. The van der Waals surface area contributed by atoms with Crippen LogP contribution in [-0.4, -0.2) is 19.6 Å². The van der Waals surface area contributed by atoms with E-state index in [0.717, 1.165) is 6.54 Å². The standard InChI is InChI=1S/C17H36N2/c1-2-3-4-5-6-10-14-19-15-13-17(16-18)11-8-7-9-12-17/h19H,2-16,18H2,1H3. The van der Waals surface area contributed by atoms with Gasteiger partial charge in [0.25, 0.3) is 0 Å². The van der Waals surface area contributed by atoms with Crippen LogP contribution in [0.3, 0.4) is 0 Å². The van der Waals surface area contributed by atoms with Gasteiger partial charge in [-0.2, -0.15) is 0 Å². The SMILES string of the molecule is CCCCCCCCNCCC1(CN)CCCCC1. The van der Waals surface area contributed by atoms with Crippen LogP contribution in [0.1, 0.15) is 84.0 Å². The van der Waals surface area contributed by atoms with Crippen molar-refractivity contribution in [2.45, 2.75) is 84.0 Å². The highest BCUT2D eigenvalue weighted by molar-refractivity contribution is 4.84. The van der Waals surface area contributed by atoms with E-state index < -0.39 is 0 Å². The van der Waals surface area contributed by atoms with Gasteiger partial charge in [-0.25, -0.2) is 0 Å². The molecule has 0 unspecified atom stereocenters. The first-order chi connectivity index (χ1) is 9.33. The van der Waals surface area contributed by atoms with Crippen molar-refractivity contribution in [1.29, 1.82) is 0 Å².